The fourth-order valence-electron chi connectivity index (χ4n) is 4.39. The summed E-state index contributed by atoms with van der Waals surface area (Å²) in [6.07, 6.45) is 5.24. The van der Waals surface area contributed by atoms with Crippen LogP contribution in [0.4, 0.5) is 0 Å². The lowest BCUT2D eigenvalue weighted by molar-refractivity contribution is 0.0750. The number of rotatable bonds is 1. The van der Waals surface area contributed by atoms with Crippen molar-refractivity contribution in [3.8, 4) is 0 Å². The zero-order chi connectivity index (χ0) is 16.8. The number of hydrogen-bond acceptors (Lipinski definition) is 3. The zero-order valence-corrected chi connectivity index (χ0v) is 14.1. The van der Waals surface area contributed by atoms with Crippen molar-refractivity contribution in [1.82, 2.24) is 15.2 Å². The van der Waals surface area contributed by atoms with Crippen molar-refractivity contribution in [3.63, 3.8) is 0 Å². The van der Waals surface area contributed by atoms with E-state index >= 15 is 0 Å². The number of benzene rings is 2. The summed E-state index contributed by atoms with van der Waals surface area (Å²) in [5.41, 5.74) is 1.54. The summed E-state index contributed by atoms with van der Waals surface area (Å²) in [4.78, 5) is 19.9. The highest BCUT2D eigenvalue weighted by Crippen LogP contribution is 2.29. The van der Waals surface area contributed by atoms with Gasteiger partial charge in [-0.25, -0.2) is 0 Å². The van der Waals surface area contributed by atoms with Crippen LogP contribution >= 0.6 is 0 Å². The van der Waals surface area contributed by atoms with E-state index in [1.54, 1.807) is 6.20 Å². The predicted octanol–water partition coefficient (Wildman–Crippen LogP) is 3.35. The Hall–Kier alpha value is -2.46. The fraction of sp³-hybridized carbons (Fsp3) is 0.333. The molecule has 2 aliphatic rings. The Balaban J connectivity index is 1.62. The molecule has 0 spiro atoms. The standard InChI is InChI=1S/C21H21N3O/c25-21(24-11-9-15-7-8-16(13-24)23-15)19-12-14-4-1-2-5-17(14)18-6-3-10-22-20(18)19/h1-6,10,12,15-16,23H,7-9,11,13H2. The number of aromatic nitrogens is 1. The van der Waals surface area contributed by atoms with Gasteiger partial charge < -0.3 is 10.2 Å². The van der Waals surface area contributed by atoms with E-state index < -0.39 is 0 Å². The maximum Gasteiger partial charge on any atom is 0.256 e. The first-order valence-electron chi connectivity index (χ1n) is 9.11. The molecule has 3 aromatic rings. The summed E-state index contributed by atoms with van der Waals surface area (Å²) in [7, 11) is 0. The van der Waals surface area contributed by atoms with Gasteiger partial charge >= 0.3 is 0 Å². The van der Waals surface area contributed by atoms with Gasteiger partial charge in [0.05, 0.1) is 11.1 Å². The van der Waals surface area contributed by atoms with Gasteiger partial charge in [0, 0.05) is 36.8 Å². The Morgan fingerprint density at radius 3 is 2.84 bits per heavy atom. The third-order valence-electron chi connectivity index (χ3n) is 5.65. The molecule has 4 nitrogen and oxygen atoms in total. The van der Waals surface area contributed by atoms with Gasteiger partial charge in [0.25, 0.3) is 5.91 Å². The third kappa shape index (κ3) is 2.48. The molecule has 2 saturated heterocycles. The van der Waals surface area contributed by atoms with Crippen LogP contribution in [-0.4, -0.2) is 41.0 Å². The van der Waals surface area contributed by atoms with Crippen molar-refractivity contribution < 1.29 is 4.79 Å². The Kier molecular flexibility index (Phi) is 3.45. The number of amides is 1. The van der Waals surface area contributed by atoms with Crippen molar-refractivity contribution >= 4 is 27.6 Å². The number of likely N-dealkylation sites (tertiary alicyclic amines) is 1. The first-order chi connectivity index (χ1) is 12.3. The van der Waals surface area contributed by atoms with E-state index in [-0.39, 0.29) is 5.91 Å². The zero-order valence-electron chi connectivity index (χ0n) is 14.1. The molecule has 2 atom stereocenters. The molecule has 1 N–H and O–H groups in total. The van der Waals surface area contributed by atoms with Gasteiger partial charge in [-0.15, -0.1) is 0 Å². The SMILES string of the molecule is O=C(c1cc2ccccc2c2cccnc12)N1CCC2CCC(C1)N2. The molecular formula is C21H21N3O. The van der Waals surface area contributed by atoms with E-state index in [0.29, 0.717) is 12.1 Å². The normalized spacial score (nSPS) is 23.1. The number of carbonyl (C=O) groups excluding carboxylic acids is 1. The van der Waals surface area contributed by atoms with Crippen LogP contribution in [0.15, 0.2) is 48.7 Å². The molecule has 0 aliphatic carbocycles. The smallest absolute Gasteiger partial charge is 0.256 e. The Labute approximate surface area is 146 Å². The molecule has 126 valence electrons. The highest BCUT2D eigenvalue weighted by atomic mass is 16.2. The molecule has 2 bridgehead atoms. The lowest BCUT2D eigenvalue weighted by Crippen LogP contribution is -2.39. The van der Waals surface area contributed by atoms with Crippen LogP contribution in [0, 0.1) is 0 Å². The quantitative estimate of drug-likeness (QED) is 0.696. The number of nitrogens with zero attached hydrogens (tertiary/aromatic N) is 2. The van der Waals surface area contributed by atoms with Crippen LogP contribution in [0.3, 0.4) is 0 Å². The maximum atomic E-state index is 13.3. The molecule has 2 aromatic carbocycles. The van der Waals surface area contributed by atoms with Crippen molar-refractivity contribution in [2.24, 2.45) is 0 Å². The summed E-state index contributed by atoms with van der Waals surface area (Å²) in [6, 6.07) is 15.3. The number of carbonyl (C=O) groups is 1. The van der Waals surface area contributed by atoms with E-state index in [0.717, 1.165) is 46.7 Å². The van der Waals surface area contributed by atoms with E-state index in [2.05, 4.69) is 28.5 Å². The van der Waals surface area contributed by atoms with Gasteiger partial charge in [-0.2, -0.15) is 0 Å². The van der Waals surface area contributed by atoms with Gasteiger partial charge in [-0.3, -0.25) is 9.78 Å². The van der Waals surface area contributed by atoms with Crippen LogP contribution < -0.4 is 5.32 Å². The van der Waals surface area contributed by atoms with Crippen LogP contribution in [0.25, 0.3) is 21.7 Å². The molecule has 0 saturated carbocycles. The van der Waals surface area contributed by atoms with Crippen LogP contribution in [0.1, 0.15) is 29.6 Å². The van der Waals surface area contributed by atoms with E-state index in [1.807, 2.05) is 29.2 Å². The van der Waals surface area contributed by atoms with Gasteiger partial charge in [0.1, 0.15) is 0 Å². The minimum Gasteiger partial charge on any atom is -0.337 e. The molecule has 2 fully saturated rings. The average molecular weight is 331 g/mol. The largest absolute Gasteiger partial charge is 0.337 e. The predicted molar refractivity (Wildman–Crippen MR) is 99.7 cm³/mol. The van der Waals surface area contributed by atoms with E-state index in [1.165, 1.54) is 12.8 Å². The number of fused-ring (bicyclic) bond motifs is 5. The Morgan fingerprint density at radius 2 is 1.88 bits per heavy atom. The summed E-state index contributed by atoms with van der Waals surface area (Å²) < 4.78 is 0. The van der Waals surface area contributed by atoms with Gasteiger partial charge in [0.15, 0.2) is 0 Å². The lowest BCUT2D eigenvalue weighted by atomic mass is 9.99. The fourth-order valence-corrected chi connectivity index (χ4v) is 4.39. The van der Waals surface area contributed by atoms with E-state index in [4.69, 9.17) is 0 Å². The lowest BCUT2D eigenvalue weighted by Gasteiger charge is -2.25. The monoisotopic (exact) mass is 331 g/mol. The summed E-state index contributed by atoms with van der Waals surface area (Å²) >= 11 is 0. The molecule has 2 aliphatic heterocycles. The van der Waals surface area contributed by atoms with Crippen molar-refractivity contribution in [3.05, 3.63) is 54.2 Å². The molecule has 3 heterocycles. The Morgan fingerprint density at radius 1 is 1.04 bits per heavy atom. The summed E-state index contributed by atoms with van der Waals surface area (Å²) in [6.45, 7) is 1.63. The second kappa shape index (κ2) is 5.81. The van der Waals surface area contributed by atoms with Gasteiger partial charge in [-0.05, 0) is 42.2 Å². The molecule has 1 amide bonds. The van der Waals surface area contributed by atoms with E-state index in [9.17, 15) is 4.79 Å². The van der Waals surface area contributed by atoms with Crippen molar-refractivity contribution in [2.45, 2.75) is 31.3 Å². The topological polar surface area (TPSA) is 45.2 Å². The maximum absolute atomic E-state index is 13.3. The Bertz CT molecular complexity index is 968. The molecule has 25 heavy (non-hydrogen) atoms. The first-order valence-corrected chi connectivity index (χ1v) is 9.11. The van der Waals surface area contributed by atoms with Gasteiger partial charge in [0.2, 0.25) is 0 Å². The number of nitrogens with one attached hydrogen (secondary N) is 1. The number of pyridine rings is 1. The average Bonchev–Trinajstić information content (AvgIpc) is 2.99. The van der Waals surface area contributed by atoms with Crippen LogP contribution in [0.2, 0.25) is 0 Å². The molecule has 1 aromatic heterocycles. The first kappa shape index (κ1) is 14.8. The molecular weight excluding hydrogens is 310 g/mol. The minimum absolute atomic E-state index is 0.115. The molecule has 0 radical (unpaired) electrons. The summed E-state index contributed by atoms with van der Waals surface area (Å²) in [5.74, 6) is 0.115. The number of hydrogen-bond donors (Lipinski definition) is 1. The highest BCUT2D eigenvalue weighted by molar-refractivity contribution is 6.15. The van der Waals surface area contributed by atoms with Crippen molar-refractivity contribution in [2.75, 3.05) is 13.1 Å². The minimum atomic E-state index is 0.115. The highest BCUT2D eigenvalue weighted by Gasteiger charge is 2.32. The molecule has 2 unspecified atom stereocenters. The van der Waals surface area contributed by atoms with Crippen molar-refractivity contribution in [1.29, 1.82) is 0 Å². The molecule has 5 rings (SSSR count). The molecule has 4 heteroatoms. The second-order valence-electron chi connectivity index (χ2n) is 7.22. The summed E-state index contributed by atoms with van der Waals surface area (Å²) in [5, 5.41) is 6.95. The van der Waals surface area contributed by atoms with Crippen LogP contribution in [0.5, 0.6) is 0 Å². The third-order valence-corrected chi connectivity index (χ3v) is 5.65. The van der Waals surface area contributed by atoms with Crippen LogP contribution in [-0.2, 0) is 0 Å². The van der Waals surface area contributed by atoms with Gasteiger partial charge in [-0.1, -0.05) is 30.3 Å². The second-order valence-corrected chi connectivity index (χ2v) is 7.22.